The number of rotatable bonds is 2. The van der Waals surface area contributed by atoms with Crippen LogP contribution in [0.4, 0.5) is 10.5 Å². The van der Waals surface area contributed by atoms with Gasteiger partial charge in [0.05, 0.1) is 0 Å². The average molecular weight is 283 g/mol. The number of piperidine rings is 1. The minimum Gasteiger partial charge on any atom is -0.480 e. The fourth-order valence-electron chi connectivity index (χ4n) is 2.19. The van der Waals surface area contributed by atoms with Gasteiger partial charge in [-0.25, -0.2) is 9.59 Å². The van der Waals surface area contributed by atoms with E-state index in [9.17, 15) is 9.59 Å². The van der Waals surface area contributed by atoms with Gasteiger partial charge in [-0.15, -0.1) is 0 Å². The maximum Gasteiger partial charge on any atom is 0.326 e. The molecule has 102 valence electrons. The first-order valence-electron chi connectivity index (χ1n) is 6.14. The van der Waals surface area contributed by atoms with Crippen LogP contribution in [-0.4, -0.2) is 34.6 Å². The van der Waals surface area contributed by atoms with Crippen LogP contribution >= 0.6 is 11.6 Å². The van der Waals surface area contributed by atoms with Crippen LogP contribution in [0.25, 0.3) is 0 Å². The monoisotopic (exact) mass is 282 g/mol. The van der Waals surface area contributed by atoms with Gasteiger partial charge < -0.3 is 15.3 Å². The molecule has 1 aromatic carbocycles. The van der Waals surface area contributed by atoms with Crippen LogP contribution in [-0.2, 0) is 4.79 Å². The molecule has 6 heteroatoms. The third kappa shape index (κ3) is 3.38. The molecular formula is C13H15ClN2O3. The van der Waals surface area contributed by atoms with Crippen LogP contribution in [0.2, 0.25) is 5.02 Å². The van der Waals surface area contributed by atoms with E-state index in [1.807, 2.05) is 0 Å². The number of hydrogen-bond donors (Lipinski definition) is 2. The van der Waals surface area contributed by atoms with Crippen molar-refractivity contribution >= 4 is 29.3 Å². The second-order valence-electron chi connectivity index (χ2n) is 4.48. The Hall–Kier alpha value is -1.75. The van der Waals surface area contributed by atoms with Gasteiger partial charge in [0.1, 0.15) is 6.04 Å². The summed E-state index contributed by atoms with van der Waals surface area (Å²) < 4.78 is 0. The lowest BCUT2D eigenvalue weighted by Gasteiger charge is -2.32. The van der Waals surface area contributed by atoms with Crippen molar-refractivity contribution in [3.8, 4) is 0 Å². The molecule has 2 rings (SSSR count). The highest BCUT2D eigenvalue weighted by Crippen LogP contribution is 2.20. The zero-order valence-electron chi connectivity index (χ0n) is 10.3. The van der Waals surface area contributed by atoms with Crippen molar-refractivity contribution in [1.29, 1.82) is 0 Å². The third-order valence-electron chi connectivity index (χ3n) is 3.12. The highest BCUT2D eigenvalue weighted by Gasteiger charge is 2.31. The van der Waals surface area contributed by atoms with Crippen LogP contribution in [0.1, 0.15) is 19.3 Å². The number of aliphatic carboxylic acids is 1. The molecule has 2 N–H and O–H groups in total. The molecule has 1 aromatic rings. The van der Waals surface area contributed by atoms with Gasteiger partial charge >= 0.3 is 12.0 Å². The van der Waals surface area contributed by atoms with Crippen LogP contribution < -0.4 is 5.32 Å². The van der Waals surface area contributed by atoms with E-state index in [4.69, 9.17) is 16.7 Å². The standard InChI is InChI=1S/C13H15ClN2O3/c14-9-4-3-5-10(8-9)15-13(19)16-7-2-1-6-11(16)12(17)18/h3-5,8,11H,1-2,6-7H2,(H,15,19)(H,17,18). The number of halogens is 1. The maximum atomic E-state index is 12.1. The molecule has 0 aliphatic carbocycles. The first-order valence-corrected chi connectivity index (χ1v) is 6.52. The molecule has 0 spiro atoms. The number of hydrogen-bond acceptors (Lipinski definition) is 2. The molecule has 0 radical (unpaired) electrons. The Morgan fingerprint density at radius 1 is 1.37 bits per heavy atom. The van der Waals surface area contributed by atoms with Gasteiger partial charge in [-0.05, 0) is 37.5 Å². The zero-order valence-corrected chi connectivity index (χ0v) is 11.1. The number of amides is 2. The number of likely N-dealkylation sites (tertiary alicyclic amines) is 1. The highest BCUT2D eigenvalue weighted by atomic mass is 35.5. The second-order valence-corrected chi connectivity index (χ2v) is 4.92. The van der Waals surface area contributed by atoms with E-state index in [1.165, 1.54) is 4.90 Å². The predicted octanol–water partition coefficient (Wildman–Crippen LogP) is 2.81. The minimum absolute atomic E-state index is 0.394. The van der Waals surface area contributed by atoms with Crippen LogP contribution in [0.15, 0.2) is 24.3 Å². The Kier molecular flexibility index (Phi) is 4.27. The van der Waals surface area contributed by atoms with Crippen LogP contribution in [0, 0.1) is 0 Å². The van der Waals surface area contributed by atoms with Crippen molar-refractivity contribution in [2.24, 2.45) is 0 Å². The van der Waals surface area contributed by atoms with E-state index in [0.717, 1.165) is 12.8 Å². The van der Waals surface area contributed by atoms with E-state index >= 15 is 0 Å². The van der Waals surface area contributed by atoms with Crippen LogP contribution in [0.3, 0.4) is 0 Å². The van der Waals surface area contributed by atoms with Crippen molar-refractivity contribution in [1.82, 2.24) is 4.90 Å². The number of benzene rings is 1. The Bertz CT molecular complexity index is 493. The van der Waals surface area contributed by atoms with E-state index in [1.54, 1.807) is 24.3 Å². The Morgan fingerprint density at radius 3 is 2.84 bits per heavy atom. The fourth-order valence-corrected chi connectivity index (χ4v) is 2.38. The lowest BCUT2D eigenvalue weighted by atomic mass is 10.0. The molecule has 1 unspecified atom stereocenters. The van der Waals surface area contributed by atoms with Gasteiger partial charge in [0.15, 0.2) is 0 Å². The predicted molar refractivity (Wildman–Crippen MR) is 72.5 cm³/mol. The van der Waals surface area contributed by atoms with Crippen molar-refractivity contribution in [3.63, 3.8) is 0 Å². The number of carbonyl (C=O) groups excluding carboxylic acids is 1. The molecule has 0 saturated carbocycles. The van der Waals surface area contributed by atoms with Gasteiger partial charge in [-0.2, -0.15) is 0 Å². The molecule has 1 aliphatic heterocycles. The number of carboxylic acids is 1. The number of nitrogens with zero attached hydrogens (tertiary/aromatic N) is 1. The van der Waals surface area contributed by atoms with Gasteiger partial charge in [-0.1, -0.05) is 17.7 Å². The second kappa shape index (κ2) is 5.93. The van der Waals surface area contributed by atoms with Gasteiger partial charge in [-0.3, -0.25) is 0 Å². The van der Waals surface area contributed by atoms with Crippen molar-refractivity contribution < 1.29 is 14.7 Å². The molecule has 0 bridgehead atoms. The summed E-state index contributed by atoms with van der Waals surface area (Å²) in [5.41, 5.74) is 0.562. The van der Waals surface area contributed by atoms with Crippen molar-refractivity contribution in [2.75, 3.05) is 11.9 Å². The number of urea groups is 1. The topological polar surface area (TPSA) is 69.6 Å². The van der Waals surface area contributed by atoms with Crippen LogP contribution in [0.5, 0.6) is 0 Å². The molecule has 1 fully saturated rings. The van der Waals surface area contributed by atoms with Crippen molar-refractivity contribution in [2.45, 2.75) is 25.3 Å². The molecular weight excluding hydrogens is 268 g/mol. The summed E-state index contributed by atoms with van der Waals surface area (Å²) in [6.07, 6.45) is 2.16. The Labute approximate surface area is 116 Å². The average Bonchev–Trinajstić information content (AvgIpc) is 2.38. The number of nitrogens with one attached hydrogen (secondary N) is 1. The highest BCUT2D eigenvalue weighted by molar-refractivity contribution is 6.30. The first-order chi connectivity index (χ1) is 9.08. The molecule has 1 heterocycles. The summed E-state index contributed by atoms with van der Waals surface area (Å²) >= 11 is 5.83. The molecule has 1 atom stereocenters. The lowest BCUT2D eigenvalue weighted by molar-refractivity contribution is -0.143. The SMILES string of the molecule is O=C(O)C1CCCCN1C(=O)Nc1cccc(Cl)c1. The van der Waals surface area contributed by atoms with E-state index in [0.29, 0.717) is 23.7 Å². The van der Waals surface area contributed by atoms with E-state index < -0.39 is 18.0 Å². The largest absolute Gasteiger partial charge is 0.480 e. The summed E-state index contributed by atoms with van der Waals surface area (Å²) in [5, 5.41) is 12.3. The number of carboxylic acid groups (broad SMARTS) is 1. The summed E-state index contributed by atoms with van der Waals surface area (Å²) in [4.78, 5) is 24.6. The molecule has 5 nitrogen and oxygen atoms in total. The zero-order chi connectivity index (χ0) is 13.8. The molecule has 1 aliphatic rings. The normalized spacial score (nSPS) is 19.0. The number of anilines is 1. The third-order valence-corrected chi connectivity index (χ3v) is 3.36. The Morgan fingerprint density at radius 2 is 2.16 bits per heavy atom. The summed E-state index contributed by atoms with van der Waals surface area (Å²) in [5.74, 6) is -0.957. The summed E-state index contributed by atoms with van der Waals surface area (Å²) in [7, 11) is 0. The molecule has 1 saturated heterocycles. The smallest absolute Gasteiger partial charge is 0.326 e. The van der Waals surface area contributed by atoms with Gasteiger partial charge in [0.2, 0.25) is 0 Å². The Balaban J connectivity index is 2.07. The van der Waals surface area contributed by atoms with Gasteiger partial charge in [0, 0.05) is 17.3 Å². The minimum atomic E-state index is -0.957. The first kappa shape index (κ1) is 13.7. The lowest BCUT2D eigenvalue weighted by Crippen LogP contribution is -2.49. The number of carbonyl (C=O) groups is 2. The van der Waals surface area contributed by atoms with E-state index in [2.05, 4.69) is 5.32 Å². The van der Waals surface area contributed by atoms with Crippen molar-refractivity contribution in [3.05, 3.63) is 29.3 Å². The summed E-state index contributed by atoms with van der Waals surface area (Å²) in [6.45, 7) is 0.462. The summed E-state index contributed by atoms with van der Waals surface area (Å²) in [6, 6.07) is 5.63. The molecule has 19 heavy (non-hydrogen) atoms. The maximum absolute atomic E-state index is 12.1. The fraction of sp³-hybridized carbons (Fsp3) is 0.385. The molecule has 0 aromatic heterocycles. The quantitative estimate of drug-likeness (QED) is 0.876. The van der Waals surface area contributed by atoms with E-state index in [-0.39, 0.29) is 0 Å². The molecule has 2 amide bonds. The van der Waals surface area contributed by atoms with Gasteiger partial charge in [0.25, 0.3) is 0 Å².